The second-order valence-electron chi connectivity index (χ2n) is 4.18. The van der Waals surface area contributed by atoms with E-state index in [1.807, 2.05) is 29.2 Å². The Bertz CT molecular complexity index is 526. The van der Waals surface area contributed by atoms with Crippen molar-refractivity contribution in [3.63, 3.8) is 0 Å². The molecule has 2 aliphatic heterocycles. The normalized spacial score (nSPS) is 22.6. The van der Waals surface area contributed by atoms with Gasteiger partial charge in [-0.1, -0.05) is 30.4 Å². The zero-order valence-electron chi connectivity index (χ0n) is 9.09. The third kappa shape index (κ3) is 1.82. The van der Waals surface area contributed by atoms with E-state index >= 15 is 0 Å². The number of benzene rings is 1. The van der Waals surface area contributed by atoms with Gasteiger partial charge in [-0.25, -0.2) is 4.99 Å². The molecule has 0 spiro atoms. The first-order valence-electron chi connectivity index (χ1n) is 5.45. The topological polar surface area (TPSA) is 44.7 Å². The Morgan fingerprint density at radius 3 is 3.00 bits per heavy atom. The van der Waals surface area contributed by atoms with Crippen LogP contribution >= 0.6 is 12.2 Å². The molecule has 2 aliphatic rings. The van der Waals surface area contributed by atoms with E-state index in [2.05, 4.69) is 10.3 Å². The highest BCUT2D eigenvalue weighted by Gasteiger charge is 2.33. The van der Waals surface area contributed by atoms with E-state index in [4.69, 9.17) is 12.2 Å². The van der Waals surface area contributed by atoms with Gasteiger partial charge >= 0.3 is 0 Å². The van der Waals surface area contributed by atoms with E-state index < -0.39 is 0 Å². The molecule has 0 aromatic heterocycles. The number of hydrogen-bond acceptors (Lipinski definition) is 4. The Morgan fingerprint density at radius 2 is 2.24 bits per heavy atom. The molecule has 17 heavy (non-hydrogen) atoms. The smallest absolute Gasteiger partial charge is 0.247 e. The van der Waals surface area contributed by atoms with Crippen LogP contribution in [0.25, 0.3) is 0 Å². The summed E-state index contributed by atoms with van der Waals surface area (Å²) in [5.41, 5.74) is 2.12. The monoisotopic (exact) mass is 245 g/mol. The Hall–Kier alpha value is -1.75. The molecular weight excluding hydrogens is 234 g/mol. The van der Waals surface area contributed by atoms with Crippen molar-refractivity contribution in [2.24, 2.45) is 4.99 Å². The molecule has 5 heteroatoms. The van der Waals surface area contributed by atoms with E-state index in [-0.39, 0.29) is 11.9 Å². The van der Waals surface area contributed by atoms with Gasteiger partial charge in [0.25, 0.3) is 0 Å². The van der Waals surface area contributed by atoms with Crippen LogP contribution in [0.3, 0.4) is 0 Å². The van der Waals surface area contributed by atoms with Crippen molar-refractivity contribution >= 4 is 35.1 Å². The van der Waals surface area contributed by atoms with Gasteiger partial charge in [0.2, 0.25) is 5.91 Å². The molecule has 0 radical (unpaired) electrons. The highest BCUT2D eigenvalue weighted by atomic mass is 32.1. The zero-order chi connectivity index (χ0) is 11.8. The molecule has 1 saturated heterocycles. The quantitative estimate of drug-likeness (QED) is 0.760. The molecule has 2 heterocycles. The minimum atomic E-state index is -0.209. The summed E-state index contributed by atoms with van der Waals surface area (Å²) < 4.78 is 0. The summed E-state index contributed by atoms with van der Waals surface area (Å²) in [6.07, 6.45) is 2.32. The number of thiocarbonyl (C=S) groups is 1. The molecule has 4 nitrogen and oxygen atoms in total. The fourth-order valence-corrected chi connectivity index (χ4v) is 2.40. The Labute approximate surface area is 104 Å². The van der Waals surface area contributed by atoms with Gasteiger partial charge in [0.15, 0.2) is 0 Å². The second kappa shape index (κ2) is 3.92. The van der Waals surface area contributed by atoms with E-state index in [1.165, 1.54) is 0 Å². The molecule has 1 fully saturated rings. The van der Waals surface area contributed by atoms with Crippen LogP contribution in [-0.4, -0.2) is 28.2 Å². The largest absolute Gasteiger partial charge is 0.346 e. The first kappa shape index (κ1) is 10.4. The maximum absolute atomic E-state index is 11.7. The first-order valence-corrected chi connectivity index (χ1v) is 5.86. The number of nitrogens with one attached hydrogen (secondary N) is 1. The summed E-state index contributed by atoms with van der Waals surface area (Å²) in [4.78, 5) is 18.6. The van der Waals surface area contributed by atoms with Gasteiger partial charge in [0.05, 0.1) is 17.0 Å². The Kier molecular flexibility index (Phi) is 2.40. The number of aliphatic imine (C=N–C) groups is 1. The lowest BCUT2D eigenvalue weighted by Crippen LogP contribution is -2.40. The van der Waals surface area contributed by atoms with Crippen molar-refractivity contribution in [2.45, 2.75) is 19.0 Å². The lowest BCUT2D eigenvalue weighted by Gasteiger charge is -2.27. The SMILES string of the molecule is O=C1NC(=S)CC1N1C=Nc2ccccc2C1. The number of nitrogens with zero attached hydrogens (tertiary/aromatic N) is 2. The number of carbonyl (C=O) groups excluding carboxylic acids is 1. The van der Waals surface area contributed by atoms with Gasteiger partial charge in [0, 0.05) is 13.0 Å². The minimum absolute atomic E-state index is 0.0270. The van der Waals surface area contributed by atoms with E-state index in [0.717, 1.165) is 11.3 Å². The standard InChI is InChI=1S/C12H11N3OS/c16-12-10(5-11(17)14-12)15-6-8-3-1-2-4-9(8)13-7-15/h1-4,7,10H,5-6H2,(H,14,16,17). The van der Waals surface area contributed by atoms with Gasteiger partial charge < -0.3 is 10.2 Å². The van der Waals surface area contributed by atoms with Crippen molar-refractivity contribution in [3.05, 3.63) is 29.8 Å². The van der Waals surface area contributed by atoms with Crippen molar-refractivity contribution in [2.75, 3.05) is 0 Å². The molecule has 1 amide bonds. The van der Waals surface area contributed by atoms with Crippen LogP contribution in [0.15, 0.2) is 29.3 Å². The van der Waals surface area contributed by atoms with Crippen LogP contribution in [0.2, 0.25) is 0 Å². The van der Waals surface area contributed by atoms with Gasteiger partial charge in [-0.3, -0.25) is 4.79 Å². The third-order valence-corrected chi connectivity index (χ3v) is 3.30. The fourth-order valence-electron chi connectivity index (χ4n) is 2.14. The molecule has 1 atom stereocenters. The second-order valence-corrected chi connectivity index (χ2v) is 4.67. The first-order chi connectivity index (χ1) is 8.24. The molecular formula is C12H11N3OS. The summed E-state index contributed by atoms with van der Waals surface area (Å²) >= 11 is 5.02. The maximum Gasteiger partial charge on any atom is 0.247 e. The van der Waals surface area contributed by atoms with Crippen molar-refractivity contribution in [1.82, 2.24) is 10.2 Å². The molecule has 0 bridgehead atoms. The van der Waals surface area contributed by atoms with Crippen LogP contribution in [0, 0.1) is 0 Å². The number of rotatable bonds is 1. The van der Waals surface area contributed by atoms with Crippen LogP contribution in [-0.2, 0) is 11.3 Å². The summed E-state index contributed by atoms with van der Waals surface area (Å²) in [5, 5.41) is 2.68. The van der Waals surface area contributed by atoms with E-state index in [0.29, 0.717) is 18.0 Å². The van der Waals surface area contributed by atoms with Gasteiger partial charge in [0.1, 0.15) is 6.04 Å². The zero-order valence-corrected chi connectivity index (χ0v) is 9.91. The summed E-state index contributed by atoms with van der Waals surface area (Å²) in [5.74, 6) is -0.0270. The molecule has 0 aliphatic carbocycles. The van der Waals surface area contributed by atoms with Gasteiger partial charge in [-0.15, -0.1) is 0 Å². The lowest BCUT2D eigenvalue weighted by atomic mass is 10.1. The Balaban J connectivity index is 1.85. The molecule has 1 aromatic carbocycles. The summed E-state index contributed by atoms with van der Waals surface area (Å²) in [7, 11) is 0. The number of para-hydroxylation sites is 1. The molecule has 1 unspecified atom stereocenters. The number of carbonyl (C=O) groups is 1. The van der Waals surface area contributed by atoms with Gasteiger partial charge in [-0.2, -0.15) is 0 Å². The predicted octanol–water partition coefficient (Wildman–Crippen LogP) is 1.38. The average Bonchev–Trinajstić information content (AvgIpc) is 2.68. The molecule has 3 rings (SSSR count). The fraction of sp³-hybridized carbons (Fsp3) is 0.250. The van der Waals surface area contributed by atoms with E-state index in [1.54, 1.807) is 6.34 Å². The Morgan fingerprint density at radius 1 is 1.41 bits per heavy atom. The number of fused-ring (bicyclic) bond motifs is 1. The maximum atomic E-state index is 11.7. The molecule has 86 valence electrons. The summed E-state index contributed by atoms with van der Waals surface area (Å²) in [6, 6.07) is 7.74. The minimum Gasteiger partial charge on any atom is -0.346 e. The molecule has 0 saturated carbocycles. The number of amides is 1. The van der Waals surface area contributed by atoms with Crippen molar-refractivity contribution in [3.8, 4) is 0 Å². The average molecular weight is 245 g/mol. The van der Waals surface area contributed by atoms with Crippen molar-refractivity contribution < 1.29 is 4.79 Å². The summed E-state index contributed by atoms with van der Waals surface area (Å²) in [6.45, 7) is 0.709. The van der Waals surface area contributed by atoms with E-state index in [9.17, 15) is 4.79 Å². The lowest BCUT2D eigenvalue weighted by molar-refractivity contribution is -0.122. The van der Waals surface area contributed by atoms with Crippen LogP contribution in [0.4, 0.5) is 5.69 Å². The highest BCUT2D eigenvalue weighted by molar-refractivity contribution is 7.80. The predicted molar refractivity (Wildman–Crippen MR) is 69.3 cm³/mol. The van der Waals surface area contributed by atoms with Crippen LogP contribution in [0.1, 0.15) is 12.0 Å². The van der Waals surface area contributed by atoms with Crippen LogP contribution < -0.4 is 5.32 Å². The third-order valence-electron chi connectivity index (χ3n) is 3.03. The molecule has 1 aromatic rings. The van der Waals surface area contributed by atoms with Crippen molar-refractivity contribution in [1.29, 1.82) is 0 Å². The number of hydrogen-bond donors (Lipinski definition) is 1. The van der Waals surface area contributed by atoms with Gasteiger partial charge in [-0.05, 0) is 11.6 Å². The highest BCUT2D eigenvalue weighted by Crippen LogP contribution is 2.25. The molecule has 1 N–H and O–H groups in total. The van der Waals surface area contributed by atoms with Crippen LogP contribution in [0.5, 0.6) is 0 Å².